The zero-order chi connectivity index (χ0) is 22.8. The van der Waals surface area contributed by atoms with Crippen molar-refractivity contribution < 1.29 is 23.9 Å². The Morgan fingerprint density at radius 2 is 2.03 bits per heavy atom. The number of carbonyl (C=O) groups excluding carboxylic acids is 4. The highest BCUT2D eigenvalue weighted by atomic mass is 16.5. The molecule has 1 aliphatic rings. The SMILES string of the molecule is COC(=O)C(C)c1ccc(CC(=O)c2ncc(C#N)[nH]2)c(C2=CCCCC2)c1.O=C=O. The van der Waals surface area contributed by atoms with Crippen molar-refractivity contribution in [2.75, 3.05) is 7.11 Å². The maximum absolute atomic E-state index is 12.7. The van der Waals surface area contributed by atoms with Gasteiger partial charge in [0.2, 0.25) is 5.78 Å². The van der Waals surface area contributed by atoms with E-state index in [4.69, 9.17) is 19.6 Å². The minimum atomic E-state index is -0.374. The Kier molecular flexibility index (Phi) is 8.62. The van der Waals surface area contributed by atoms with Crippen LogP contribution in [0.1, 0.15) is 71.5 Å². The lowest BCUT2D eigenvalue weighted by Crippen LogP contribution is -2.13. The van der Waals surface area contributed by atoms with E-state index in [0.29, 0.717) is 0 Å². The van der Waals surface area contributed by atoms with Crippen LogP contribution in [0.5, 0.6) is 0 Å². The molecule has 8 nitrogen and oxygen atoms in total. The first-order valence-corrected chi connectivity index (χ1v) is 9.82. The van der Waals surface area contributed by atoms with E-state index < -0.39 is 0 Å². The van der Waals surface area contributed by atoms with Gasteiger partial charge in [0.15, 0.2) is 5.82 Å². The molecule has 0 amide bonds. The summed E-state index contributed by atoms with van der Waals surface area (Å²) in [7, 11) is 1.38. The number of benzene rings is 1. The average Bonchev–Trinajstić information content (AvgIpc) is 3.29. The van der Waals surface area contributed by atoms with Crippen LogP contribution >= 0.6 is 0 Å². The predicted octanol–water partition coefficient (Wildman–Crippen LogP) is 3.36. The molecule has 0 aliphatic heterocycles. The van der Waals surface area contributed by atoms with Crippen LogP contribution < -0.4 is 0 Å². The van der Waals surface area contributed by atoms with Crippen LogP contribution in [0.15, 0.2) is 30.5 Å². The molecule has 2 aromatic rings. The van der Waals surface area contributed by atoms with Crippen molar-refractivity contribution in [3.8, 4) is 6.07 Å². The molecule has 0 radical (unpaired) electrons. The van der Waals surface area contributed by atoms with Gasteiger partial charge in [-0.25, -0.2) is 4.98 Å². The van der Waals surface area contributed by atoms with E-state index in [2.05, 4.69) is 16.0 Å². The molecule has 0 saturated carbocycles. The summed E-state index contributed by atoms with van der Waals surface area (Å²) in [5.74, 6) is -0.645. The maximum Gasteiger partial charge on any atom is 0.373 e. The molecule has 1 aromatic carbocycles. The van der Waals surface area contributed by atoms with Crippen LogP contribution in [0, 0.1) is 11.3 Å². The summed E-state index contributed by atoms with van der Waals surface area (Å²) < 4.78 is 4.87. The van der Waals surface area contributed by atoms with Gasteiger partial charge in [-0.1, -0.05) is 24.3 Å². The minimum absolute atomic E-state index is 0.173. The van der Waals surface area contributed by atoms with Crippen LogP contribution in [0.25, 0.3) is 5.57 Å². The Labute approximate surface area is 179 Å². The molecule has 0 saturated heterocycles. The van der Waals surface area contributed by atoms with Gasteiger partial charge in [-0.3, -0.25) is 9.59 Å². The summed E-state index contributed by atoms with van der Waals surface area (Å²) >= 11 is 0. The number of allylic oxidation sites excluding steroid dienone is 2. The van der Waals surface area contributed by atoms with Crippen molar-refractivity contribution in [1.29, 1.82) is 5.26 Å². The Hall–Kier alpha value is -3.82. The second kappa shape index (κ2) is 11.4. The van der Waals surface area contributed by atoms with E-state index in [0.717, 1.165) is 36.0 Å². The Bertz CT molecular complexity index is 1060. The van der Waals surface area contributed by atoms with E-state index in [1.807, 2.05) is 31.2 Å². The highest BCUT2D eigenvalue weighted by Gasteiger charge is 2.21. The minimum Gasteiger partial charge on any atom is -0.469 e. The predicted molar refractivity (Wildman–Crippen MR) is 110 cm³/mol. The van der Waals surface area contributed by atoms with Gasteiger partial charge in [0.25, 0.3) is 0 Å². The molecule has 31 heavy (non-hydrogen) atoms. The van der Waals surface area contributed by atoms with Crippen molar-refractivity contribution >= 4 is 23.5 Å². The molecular formula is C23H23N3O5. The van der Waals surface area contributed by atoms with Gasteiger partial charge >= 0.3 is 12.1 Å². The zero-order valence-corrected chi connectivity index (χ0v) is 17.4. The lowest BCUT2D eigenvalue weighted by molar-refractivity contribution is -0.191. The number of aromatic amines is 1. The fraction of sp³-hybridized carbons (Fsp3) is 0.348. The summed E-state index contributed by atoms with van der Waals surface area (Å²) in [6.07, 6.45) is 8.26. The van der Waals surface area contributed by atoms with E-state index in [-0.39, 0.29) is 41.8 Å². The Balaban J connectivity index is 0.00000107. The van der Waals surface area contributed by atoms with Gasteiger partial charge in [0.05, 0.1) is 19.2 Å². The monoisotopic (exact) mass is 421 g/mol. The normalized spacial score (nSPS) is 13.5. The first-order chi connectivity index (χ1) is 14.9. The van der Waals surface area contributed by atoms with E-state index in [9.17, 15) is 9.59 Å². The number of carbonyl (C=O) groups is 2. The van der Waals surface area contributed by atoms with Crippen LogP contribution in [-0.2, 0) is 25.5 Å². The molecule has 1 aliphatic carbocycles. The fourth-order valence-corrected chi connectivity index (χ4v) is 3.49. The Morgan fingerprint density at radius 3 is 2.61 bits per heavy atom. The van der Waals surface area contributed by atoms with Crippen molar-refractivity contribution in [2.24, 2.45) is 0 Å². The lowest BCUT2D eigenvalue weighted by atomic mass is 9.86. The van der Waals surface area contributed by atoms with E-state index in [1.54, 1.807) is 0 Å². The second-order valence-corrected chi connectivity index (χ2v) is 7.08. The van der Waals surface area contributed by atoms with Crippen molar-refractivity contribution in [3.05, 3.63) is 58.7 Å². The van der Waals surface area contributed by atoms with Gasteiger partial charge in [0.1, 0.15) is 11.8 Å². The standard InChI is InChI=1S/C22H23N3O3.CO2/c1-14(22(27)28-2)16-8-9-17(19(10-16)15-6-4-3-5-7-15)11-20(26)21-24-13-18(12-23)25-21;2-1-3/h6,8-10,13-14H,3-5,7,11H2,1-2H3,(H,24,25);. The van der Waals surface area contributed by atoms with E-state index >= 15 is 0 Å². The number of rotatable bonds is 6. The molecule has 1 atom stereocenters. The summed E-state index contributed by atoms with van der Waals surface area (Å²) in [5, 5.41) is 8.91. The highest BCUT2D eigenvalue weighted by Crippen LogP contribution is 2.32. The van der Waals surface area contributed by atoms with E-state index in [1.165, 1.54) is 25.3 Å². The Morgan fingerprint density at radius 1 is 1.29 bits per heavy atom. The smallest absolute Gasteiger partial charge is 0.373 e. The molecule has 0 fully saturated rings. The highest BCUT2D eigenvalue weighted by molar-refractivity contribution is 5.95. The van der Waals surface area contributed by atoms with Crippen LogP contribution in [-0.4, -0.2) is 35.0 Å². The number of esters is 1. The number of hydrogen-bond donors (Lipinski definition) is 1. The number of nitrogens with zero attached hydrogens (tertiary/aromatic N) is 2. The number of imidazole rings is 1. The molecule has 1 aromatic heterocycles. The van der Waals surface area contributed by atoms with Crippen molar-refractivity contribution in [1.82, 2.24) is 9.97 Å². The number of Topliss-reactive ketones (excluding diaryl/α,β-unsaturated/α-hetero) is 1. The number of ether oxygens (including phenoxy) is 1. The third-order valence-corrected chi connectivity index (χ3v) is 5.14. The fourth-order valence-electron chi connectivity index (χ4n) is 3.49. The third kappa shape index (κ3) is 6.08. The number of aromatic nitrogens is 2. The van der Waals surface area contributed by atoms with Crippen LogP contribution in [0.4, 0.5) is 0 Å². The molecular weight excluding hydrogens is 398 g/mol. The van der Waals surface area contributed by atoms with Crippen molar-refractivity contribution in [2.45, 2.75) is 44.9 Å². The van der Waals surface area contributed by atoms with Crippen LogP contribution in [0.3, 0.4) is 0 Å². The molecule has 1 N–H and O–H groups in total. The topological polar surface area (TPSA) is 130 Å². The zero-order valence-electron chi connectivity index (χ0n) is 17.4. The van der Waals surface area contributed by atoms with Gasteiger partial charge < -0.3 is 9.72 Å². The summed E-state index contributed by atoms with van der Waals surface area (Å²) in [4.78, 5) is 47.6. The third-order valence-electron chi connectivity index (χ3n) is 5.14. The number of methoxy groups -OCH3 is 1. The average molecular weight is 421 g/mol. The number of nitriles is 1. The maximum atomic E-state index is 12.7. The lowest BCUT2D eigenvalue weighted by Gasteiger charge is -2.19. The number of H-pyrrole nitrogens is 1. The molecule has 0 spiro atoms. The molecule has 160 valence electrons. The largest absolute Gasteiger partial charge is 0.469 e. The quantitative estimate of drug-likeness (QED) is 0.559. The van der Waals surface area contributed by atoms with Gasteiger partial charge in [-0.2, -0.15) is 14.9 Å². The molecule has 3 rings (SSSR count). The van der Waals surface area contributed by atoms with Gasteiger partial charge in [-0.05, 0) is 54.9 Å². The van der Waals surface area contributed by atoms with Crippen molar-refractivity contribution in [3.63, 3.8) is 0 Å². The van der Waals surface area contributed by atoms with Crippen LogP contribution in [0.2, 0.25) is 0 Å². The van der Waals surface area contributed by atoms with Gasteiger partial charge in [0, 0.05) is 6.42 Å². The molecule has 1 unspecified atom stereocenters. The first kappa shape index (κ1) is 23.5. The summed E-state index contributed by atoms with van der Waals surface area (Å²) in [5.41, 5.74) is 4.25. The summed E-state index contributed by atoms with van der Waals surface area (Å²) in [6.45, 7) is 1.82. The molecule has 1 heterocycles. The van der Waals surface area contributed by atoms with Gasteiger partial charge in [-0.15, -0.1) is 0 Å². The number of ketones is 1. The molecule has 8 heteroatoms. The second-order valence-electron chi connectivity index (χ2n) is 7.08. The first-order valence-electron chi connectivity index (χ1n) is 9.82. The molecule has 0 bridgehead atoms. The number of nitrogens with one attached hydrogen (secondary N) is 1. The summed E-state index contributed by atoms with van der Waals surface area (Å²) in [6, 6.07) is 7.73. The number of hydrogen-bond acceptors (Lipinski definition) is 7.